The standard InChI is InChI=1S/C22H19FN2O/c1-22(2)12-11-20-24-19-13-15(7-9-16-5-3-4-6-18(16)23)8-10-17(19)21(26)25(20)14-22/h3-6,8,10,13H,11-12,14H2,1-2H3. The maximum absolute atomic E-state index is 13.7. The average molecular weight is 346 g/mol. The third kappa shape index (κ3) is 3.01. The molecule has 3 aromatic rings. The average Bonchev–Trinajstić information content (AvgIpc) is 2.61. The molecule has 4 rings (SSSR count). The van der Waals surface area contributed by atoms with Crippen molar-refractivity contribution in [3.8, 4) is 11.8 Å². The van der Waals surface area contributed by atoms with E-state index < -0.39 is 0 Å². The van der Waals surface area contributed by atoms with Gasteiger partial charge in [-0.15, -0.1) is 0 Å². The van der Waals surface area contributed by atoms with Crippen molar-refractivity contribution in [2.75, 3.05) is 0 Å². The fraction of sp³-hybridized carbons (Fsp3) is 0.273. The van der Waals surface area contributed by atoms with E-state index in [-0.39, 0.29) is 16.8 Å². The maximum Gasteiger partial charge on any atom is 0.261 e. The van der Waals surface area contributed by atoms with Gasteiger partial charge in [0.15, 0.2) is 0 Å². The van der Waals surface area contributed by atoms with Gasteiger partial charge in [-0.25, -0.2) is 9.37 Å². The van der Waals surface area contributed by atoms with Crippen LogP contribution in [0.3, 0.4) is 0 Å². The summed E-state index contributed by atoms with van der Waals surface area (Å²) < 4.78 is 15.5. The highest BCUT2D eigenvalue weighted by Crippen LogP contribution is 2.29. The molecule has 0 spiro atoms. The molecular weight excluding hydrogens is 327 g/mol. The van der Waals surface area contributed by atoms with E-state index in [1.54, 1.807) is 34.9 Å². The van der Waals surface area contributed by atoms with Crippen LogP contribution in [0.5, 0.6) is 0 Å². The first kappa shape index (κ1) is 16.5. The number of hydrogen-bond donors (Lipinski definition) is 0. The van der Waals surface area contributed by atoms with Crippen molar-refractivity contribution in [2.45, 2.75) is 33.2 Å². The molecule has 0 saturated carbocycles. The number of fused-ring (bicyclic) bond motifs is 2. The molecule has 1 aliphatic heterocycles. The fourth-order valence-electron chi connectivity index (χ4n) is 3.36. The first-order valence-electron chi connectivity index (χ1n) is 8.73. The van der Waals surface area contributed by atoms with Crippen LogP contribution in [0.1, 0.15) is 37.2 Å². The van der Waals surface area contributed by atoms with Crippen molar-refractivity contribution in [3.05, 3.63) is 75.6 Å². The summed E-state index contributed by atoms with van der Waals surface area (Å²) in [4.78, 5) is 17.5. The van der Waals surface area contributed by atoms with Crippen molar-refractivity contribution in [3.63, 3.8) is 0 Å². The van der Waals surface area contributed by atoms with Crippen molar-refractivity contribution in [1.82, 2.24) is 9.55 Å². The highest BCUT2D eigenvalue weighted by molar-refractivity contribution is 5.79. The molecule has 26 heavy (non-hydrogen) atoms. The van der Waals surface area contributed by atoms with Gasteiger partial charge in [0.25, 0.3) is 5.56 Å². The molecule has 0 radical (unpaired) electrons. The second-order valence-electron chi connectivity index (χ2n) is 7.55. The summed E-state index contributed by atoms with van der Waals surface area (Å²) in [5.74, 6) is 6.31. The normalized spacial score (nSPS) is 15.2. The Kier molecular flexibility index (Phi) is 3.88. The lowest BCUT2D eigenvalue weighted by Crippen LogP contribution is -2.36. The zero-order chi connectivity index (χ0) is 18.3. The molecule has 0 fully saturated rings. The van der Waals surface area contributed by atoms with Gasteiger partial charge in [0.2, 0.25) is 0 Å². The van der Waals surface area contributed by atoms with Crippen molar-refractivity contribution in [1.29, 1.82) is 0 Å². The van der Waals surface area contributed by atoms with Crippen LogP contribution in [-0.2, 0) is 13.0 Å². The number of nitrogens with zero attached hydrogens (tertiary/aromatic N) is 2. The summed E-state index contributed by atoms with van der Waals surface area (Å²) in [6.45, 7) is 5.04. The lowest BCUT2D eigenvalue weighted by Gasteiger charge is -2.31. The number of halogens is 1. The summed E-state index contributed by atoms with van der Waals surface area (Å²) >= 11 is 0. The number of aromatic nitrogens is 2. The zero-order valence-electron chi connectivity index (χ0n) is 14.8. The summed E-state index contributed by atoms with van der Waals surface area (Å²) in [5.41, 5.74) is 1.84. The van der Waals surface area contributed by atoms with Gasteiger partial charge in [0, 0.05) is 18.5 Å². The van der Waals surface area contributed by atoms with Crippen LogP contribution in [0.25, 0.3) is 10.9 Å². The SMILES string of the molecule is CC1(C)CCc2nc3cc(C#Cc4ccccc4F)ccc3c(=O)n2C1. The van der Waals surface area contributed by atoms with Crippen LogP contribution in [0, 0.1) is 23.1 Å². The van der Waals surface area contributed by atoms with E-state index in [2.05, 4.69) is 25.7 Å². The monoisotopic (exact) mass is 346 g/mol. The Morgan fingerprint density at radius 3 is 2.77 bits per heavy atom. The van der Waals surface area contributed by atoms with E-state index in [4.69, 9.17) is 4.98 Å². The minimum atomic E-state index is -0.339. The van der Waals surface area contributed by atoms with Crippen molar-refractivity contribution < 1.29 is 4.39 Å². The number of aryl methyl sites for hydroxylation is 1. The Labute approximate surface area is 151 Å². The van der Waals surface area contributed by atoms with E-state index in [0.29, 0.717) is 28.6 Å². The smallest absolute Gasteiger partial charge is 0.261 e. The quantitative estimate of drug-likeness (QED) is 0.579. The van der Waals surface area contributed by atoms with E-state index >= 15 is 0 Å². The molecule has 0 unspecified atom stereocenters. The van der Waals surface area contributed by atoms with Gasteiger partial charge in [0.1, 0.15) is 11.6 Å². The van der Waals surface area contributed by atoms with Gasteiger partial charge in [-0.2, -0.15) is 0 Å². The topological polar surface area (TPSA) is 34.9 Å². The van der Waals surface area contributed by atoms with Crippen LogP contribution in [0.2, 0.25) is 0 Å². The molecule has 130 valence electrons. The Bertz CT molecular complexity index is 1130. The Hall–Kier alpha value is -2.93. The molecule has 0 aliphatic carbocycles. The molecule has 0 bridgehead atoms. The summed E-state index contributed by atoms with van der Waals surface area (Å²) in [7, 11) is 0. The zero-order valence-corrected chi connectivity index (χ0v) is 14.8. The number of benzene rings is 2. The predicted octanol–water partition coefficient (Wildman–Crippen LogP) is 3.91. The third-order valence-corrected chi connectivity index (χ3v) is 4.86. The second-order valence-corrected chi connectivity index (χ2v) is 7.55. The van der Waals surface area contributed by atoms with Gasteiger partial charge >= 0.3 is 0 Å². The molecule has 0 N–H and O–H groups in total. The second kappa shape index (κ2) is 6.10. The third-order valence-electron chi connectivity index (χ3n) is 4.86. The van der Waals surface area contributed by atoms with E-state index in [1.165, 1.54) is 6.07 Å². The van der Waals surface area contributed by atoms with Gasteiger partial charge in [-0.3, -0.25) is 9.36 Å². The lowest BCUT2D eigenvalue weighted by molar-refractivity contribution is 0.240. The first-order chi connectivity index (χ1) is 12.4. The molecule has 3 nitrogen and oxygen atoms in total. The van der Waals surface area contributed by atoms with Crippen molar-refractivity contribution >= 4 is 10.9 Å². The lowest BCUT2D eigenvalue weighted by atomic mass is 9.85. The Morgan fingerprint density at radius 1 is 1.15 bits per heavy atom. The summed E-state index contributed by atoms with van der Waals surface area (Å²) in [6.07, 6.45) is 1.81. The molecular formula is C22H19FN2O. The molecule has 0 amide bonds. The summed E-state index contributed by atoms with van der Waals surface area (Å²) in [5, 5.41) is 0.600. The van der Waals surface area contributed by atoms with Crippen molar-refractivity contribution in [2.24, 2.45) is 5.41 Å². The van der Waals surface area contributed by atoms with Crippen LogP contribution in [0.4, 0.5) is 4.39 Å². The van der Waals surface area contributed by atoms with Gasteiger partial charge in [0.05, 0.1) is 16.5 Å². The molecule has 4 heteroatoms. The first-order valence-corrected chi connectivity index (χ1v) is 8.73. The largest absolute Gasteiger partial charge is 0.296 e. The van der Waals surface area contributed by atoms with Crippen LogP contribution in [-0.4, -0.2) is 9.55 Å². The van der Waals surface area contributed by atoms with E-state index in [1.807, 2.05) is 6.07 Å². The predicted molar refractivity (Wildman–Crippen MR) is 100 cm³/mol. The minimum absolute atomic E-state index is 0.00591. The Morgan fingerprint density at radius 2 is 1.96 bits per heavy atom. The van der Waals surface area contributed by atoms with E-state index in [9.17, 15) is 9.18 Å². The van der Waals surface area contributed by atoms with Gasteiger partial charge in [-0.1, -0.05) is 37.8 Å². The fourth-order valence-corrected chi connectivity index (χ4v) is 3.36. The number of rotatable bonds is 0. The molecule has 2 heterocycles. The van der Waals surface area contributed by atoms with Crippen LogP contribution in [0.15, 0.2) is 47.3 Å². The molecule has 2 aromatic carbocycles. The van der Waals surface area contributed by atoms with Crippen LogP contribution < -0.4 is 5.56 Å². The highest BCUT2D eigenvalue weighted by atomic mass is 19.1. The van der Waals surface area contributed by atoms with E-state index in [0.717, 1.165) is 18.7 Å². The Balaban J connectivity index is 1.78. The maximum atomic E-state index is 13.7. The molecule has 1 aromatic heterocycles. The van der Waals surface area contributed by atoms with Gasteiger partial charge < -0.3 is 0 Å². The van der Waals surface area contributed by atoms with Crippen LogP contribution >= 0.6 is 0 Å². The molecule has 0 atom stereocenters. The molecule has 1 aliphatic rings. The highest BCUT2D eigenvalue weighted by Gasteiger charge is 2.27. The van der Waals surface area contributed by atoms with Gasteiger partial charge in [-0.05, 0) is 42.2 Å². The summed E-state index contributed by atoms with van der Waals surface area (Å²) in [6, 6.07) is 11.8. The number of hydrogen-bond acceptors (Lipinski definition) is 2. The minimum Gasteiger partial charge on any atom is -0.296 e. The molecule has 0 saturated heterocycles.